The lowest BCUT2D eigenvalue weighted by atomic mass is 10.1. The summed E-state index contributed by atoms with van der Waals surface area (Å²) in [7, 11) is -2.91. The standard InChI is InChI=1S/C12H10O2.C6H10O4S.C4H10O/c13-11-5-1-9(2-6-11)10-3-7-12(14)8-4-10;7-11(8,3-5-1-9-5)4-6-2-10-6;1-3-5-4-2/h1-8,13-14H;5-6H,1-4H2;3-4H2,1-2H3. The third kappa shape index (κ3) is 10.1. The molecule has 0 radical (unpaired) electrons. The van der Waals surface area contributed by atoms with Gasteiger partial charge in [-0.2, -0.15) is 0 Å². The molecule has 0 spiro atoms. The summed E-state index contributed by atoms with van der Waals surface area (Å²) in [6.45, 7) is 6.87. The molecule has 0 amide bonds. The number of benzene rings is 2. The summed E-state index contributed by atoms with van der Waals surface area (Å²) in [5.41, 5.74) is 2.03. The number of epoxide rings is 2. The van der Waals surface area contributed by atoms with Crippen LogP contribution in [-0.4, -0.2) is 68.8 Å². The van der Waals surface area contributed by atoms with Gasteiger partial charge in [0.15, 0.2) is 9.84 Å². The number of aromatic hydroxyl groups is 2. The van der Waals surface area contributed by atoms with Gasteiger partial charge in [0.25, 0.3) is 0 Å². The Morgan fingerprint density at radius 2 is 1.13 bits per heavy atom. The van der Waals surface area contributed by atoms with E-state index in [0.29, 0.717) is 13.2 Å². The molecule has 166 valence electrons. The van der Waals surface area contributed by atoms with Gasteiger partial charge >= 0.3 is 0 Å². The zero-order chi connectivity index (χ0) is 22.0. The molecule has 2 saturated heterocycles. The van der Waals surface area contributed by atoms with E-state index in [4.69, 9.17) is 24.4 Å². The summed E-state index contributed by atoms with van der Waals surface area (Å²) < 4.78 is 36.8. The maximum absolute atomic E-state index is 11.2. The number of phenolic OH excluding ortho intramolecular Hbond substituents is 2. The van der Waals surface area contributed by atoms with Gasteiger partial charge in [-0.3, -0.25) is 0 Å². The Morgan fingerprint density at radius 3 is 1.37 bits per heavy atom. The summed E-state index contributed by atoms with van der Waals surface area (Å²) >= 11 is 0. The zero-order valence-corrected chi connectivity index (χ0v) is 18.2. The van der Waals surface area contributed by atoms with Crippen LogP contribution in [0.15, 0.2) is 48.5 Å². The Kier molecular flexibility index (Phi) is 9.58. The molecule has 2 aliphatic rings. The first-order valence-corrected chi connectivity index (χ1v) is 11.7. The first-order chi connectivity index (χ1) is 14.3. The van der Waals surface area contributed by atoms with E-state index in [1.54, 1.807) is 24.3 Å². The highest BCUT2D eigenvalue weighted by Gasteiger charge is 2.34. The van der Waals surface area contributed by atoms with Crippen molar-refractivity contribution in [1.82, 2.24) is 0 Å². The van der Waals surface area contributed by atoms with Crippen molar-refractivity contribution in [2.24, 2.45) is 0 Å². The summed E-state index contributed by atoms with van der Waals surface area (Å²) in [6, 6.07) is 13.9. The van der Waals surface area contributed by atoms with E-state index in [1.165, 1.54) is 0 Å². The molecule has 2 unspecified atom stereocenters. The minimum atomic E-state index is -2.91. The molecule has 2 aliphatic heterocycles. The van der Waals surface area contributed by atoms with E-state index in [-0.39, 0.29) is 35.2 Å². The van der Waals surface area contributed by atoms with Gasteiger partial charge in [0, 0.05) is 13.2 Å². The molecule has 30 heavy (non-hydrogen) atoms. The lowest BCUT2D eigenvalue weighted by Crippen LogP contribution is -2.18. The van der Waals surface area contributed by atoms with Crippen molar-refractivity contribution in [2.75, 3.05) is 37.9 Å². The second-order valence-electron chi connectivity index (χ2n) is 6.86. The Bertz CT molecular complexity index is 775. The summed E-state index contributed by atoms with van der Waals surface area (Å²) in [6.07, 6.45) is -0.0579. The van der Waals surface area contributed by atoms with Crippen LogP contribution in [-0.2, 0) is 24.0 Å². The van der Waals surface area contributed by atoms with Crippen molar-refractivity contribution in [2.45, 2.75) is 26.1 Å². The monoisotopic (exact) mass is 438 g/mol. The molecule has 0 bridgehead atoms. The quantitative estimate of drug-likeness (QED) is 0.640. The number of phenols is 2. The van der Waals surface area contributed by atoms with Crippen molar-refractivity contribution in [3.05, 3.63) is 48.5 Å². The molecule has 2 fully saturated rings. The van der Waals surface area contributed by atoms with Gasteiger partial charge in [-0.05, 0) is 49.2 Å². The molecule has 2 N–H and O–H groups in total. The SMILES string of the molecule is CCOCC.O=S(=O)(CC1CO1)CC1CO1.Oc1ccc(-c2ccc(O)cc2)cc1. The first kappa shape index (κ1) is 24.1. The van der Waals surface area contributed by atoms with E-state index < -0.39 is 9.84 Å². The Hall–Kier alpha value is -2.13. The summed E-state index contributed by atoms with van der Waals surface area (Å²) in [4.78, 5) is 0. The van der Waals surface area contributed by atoms with E-state index in [1.807, 2.05) is 38.1 Å². The normalized spacial score (nSPS) is 19.0. The smallest absolute Gasteiger partial charge is 0.155 e. The van der Waals surface area contributed by atoms with E-state index in [2.05, 4.69) is 0 Å². The van der Waals surface area contributed by atoms with Crippen LogP contribution in [0.1, 0.15) is 13.8 Å². The van der Waals surface area contributed by atoms with E-state index in [9.17, 15) is 8.42 Å². The minimum absolute atomic E-state index is 0.0289. The number of hydrogen-bond acceptors (Lipinski definition) is 7. The van der Waals surface area contributed by atoms with Crippen LogP contribution in [0.5, 0.6) is 11.5 Å². The van der Waals surface area contributed by atoms with Crippen molar-refractivity contribution in [3.63, 3.8) is 0 Å². The second kappa shape index (κ2) is 11.9. The highest BCUT2D eigenvalue weighted by Crippen LogP contribution is 2.23. The third-order valence-corrected chi connectivity index (χ3v) is 5.92. The molecular weight excluding hydrogens is 408 g/mol. The minimum Gasteiger partial charge on any atom is -0.508 e. The molecular formula is C22H30O7S. The molecule has 7 nitrogen and oxygen atoms in total. The number of rotatable bonds is 7. The largest absolute Gasteiger partial charge is 0.508 e. The van der Waals surface area contributed by atoms with Gasteiger partial charge in [-0.15, -0.1) is 0 Å². The maximum Gasteiger partial charge on any atom is 0.155 e. The predicted octanol–water partition coefficient (Wildman–Crippen LogP) is 3.01. The molecule has 4 rings (SSSR count). The average Bonchev–Trinajstić information content (AvgIpc) is 3.63. The van der Waals surface area contributed by atoms with Crippen LogP contribution in [0.4, 0.5) is 0 Å². The lowest BCUT2D eigenvalue weighted by molar-refractivity contribution is 0.162. The number of ether oxygens (including phenoxy) is 3. The maximum atomic E-state index is 11.2. The third-order valence-electron chi connectivity index (χ3n) is 4.16. The zero-order valence-electron chi connectivity index (χ0n) is 17.4. The van der Waals surface area contributed by atoms with E-state index >= 15 is 0 Å². The highest BCUT2D eigenvalue weighted by molar-refractivity contribution is 7.91. The Labute approximate surface area is 178 Å². The van der Waals surface area contributed by atoms with Crippen LogP contribution >= 0.6 is 0 Å². The van der Waals surface area contributed by atoms with Gasteiger partial charge < -0.3 is 24.4 Å². The van der Waals surface area contributed by atoms with Crippen LogP contribution in [0.3, 0.4) is 0 Å². The summed E-state index contributed by atoms with van der Waals surface area (Å²) in [5.74, 6) is 0.861. The molecule has 0 saturated carbocycles. The van der Waals surface area contributed by atoms with Crippen LogP contribution in [0, 0.1) is 0 Å². The highest BCUT2D eigenvalue weighted by atomic mass is 32.2. The summed E-state index contributed by atoms with van der Waals surface area (Å²) in [5, 5.41) is 18.2. The molecule has 2 atom stereocenters. The first-order valence-electron chi connectivity index (χ1n) is 9.92. The lowest BCUT2D eigenvalue weighted by Gasteiger charge is -2.01. The van der Waals surface area contributed by atoms with Crippen LogP contribution in [0.2, 0.25) is 0 Å². The average molecular weight is 439 g/mol. The van der Waals surface area contributed by atoms with Gasteiger partial charge in [-0.25, -0.2) is 8.42 Å². The predicted molar refractivity (Wildman–Crippen MR) is 116 cm³/mol. The number of hydrogen-bond donors (Lipinski definition) is 2. The Balaban J connectivity index is 0.000000179. The fourth-order valence-corrected chi connectivity index (χ4v) is 4.13. The number of sulfone groups is 1. The van der Waals surface area contributed by atoms with Gasteiger partial charge in [0.05, 0.1) is 36.9 Å². The van der Waals surface area contributed by atoms with Gasteiger partial charge in [-0.1, -0.05) is 24.3 Å². The molecule has 0 aromatic heterocycles. The molecule has 2 aromatic rings. The second-order valence-corrected chi connectivity index (χ2v) is 9.02. The van der Waals surface area contributed by atoms with Crippen molar-refractivity contribution >= 4 is 9.84 Å². The fraction of sp³-hybridized carbons (Fsp3) is 0.455. The van der Waals surface area contributed by atoms with Crippen LogP contribution < -0.4 is 0 Å². The van der Waals surface area contributed by atoms with E-state index in [0.717, 1.165) is 24.3 Å². The van der Waals surface area contributed by atoms with Crippen molar-refractivity contribution in [1.29, 1.82) is 0 Å². The van der Waals surface area contributed by atoms with Crippen LogP contribution in [0.25, 0.3) is 11.1 Å². The van der Waals surface area contributed by atoms with Crippen molar-refractivity contribution < 1.29 is 32.8 Å². The molecule has 0 aliphatic carbocycles. The fourth-order valence-electron chi connectivity index (χ4n) is 2.47. The topological polar surface area (TPSA) is 109 Å². The Morgan fingerprint density at radius 1 is 0.800 bits per heavy atom. The molecule has 2 aromatic carbocycles. The molecule has 2 heterocycles. The van der Waals surface area contributed by atoms with Gasteiger partial charge in [0.1, 0.15) is 11.5 Å². The van der Waals surface area contributed by atoms with Crippen molar-refractivity contribution in [3.8, 4) is 22.6 Å². The molecule has 8 heteroatoms. The van der Waals surface area contributed by atoms with Gasteiger partial charge in [0.2, 0.25) is 0 Å².